The maximum absolute atomic E-state index is 12.6. The quantitative estimate of drug-likeness (QED) is 0.0810. The Bertz CT molecular complexity index is 719. The van der Waals surface area contributed by atoms with Crippen molar-refractivity contribution >= 4 is 47.4 Å². The third kappa shape index (κ3) is 20.8. The lowest BCUT2D eigenvalue weighted by atomic mass is 10.2. The van der Waals surface area contributed by atoms with Gasteiger partial charge in [0.05, 0.1) is 0 Å². The molecule has 0 aromatic heterocycles. The molecule has 41 heavy (non-hydrogen) atoms. The highest BCUT2D eigenvalue weighted by molar-refractivity contribution is 6.87. The van der Waals surface area contributed by atoms with Gasteiger partial charge in [-0.3, -0.25) is 0 Å². The largest absolute Gasteiger partial charge is 0.446 e. The fourth-order valence-corrected chi connectivity index (χ4v) is 20.4. The number of amides is 2. The van der Waals surface area contributed by atoms with Crippen LogP contribution in [0.1, 0.15) is 91.9 Å². The molecule has 0 bridgehead atoms. The van der Waals surface area contributed by atoms with Gasteiger partial charge in [-0.2, -0.15) is 0 Å². The van der Waals surface area contributed by atoms with Crippen LogP contribution in [0.25, 0.3) is 0 Å². The van der Waals surface area contributed by atoms with Gasteiger partial charge >= 0.3 is 29.3 Å². The van der Waals surface area contributed by atoms with Crippen LogP contribution >= 0.6 is 0 Å². The SMILES string of the molecule is CCCCCCNC(=O)OC(CC)C[Si](C)(C)O[Si](C)(CC(CC)OC(=O)NCCCCCC)O[Si](C)(C)O[Si]C. The number of rotatable bonds is 24. The lowest BCUT2D eigenvalue weighted by molar-refractivity contribution is 0.0993. The number of alkyl carbamates (subject to hydrolysis) is 2. The van der Waals surface area contributed by atoms with Crippen LogP contribution in [-0.4, -0.2) is 72.7 Å². The van der Waals surface area contributed by atoms with Crippen LogP contribution in [0.4, 0.5) is 9.59 Å². The normalized spacial score (nSPS) is 15.1. The third-order valence-corrected chi connectivity index (χ3v) is 19.7. The van der Waals surface area contributed by atoms with Crippen molar-refractivity contribution in [1.29, 1.82) is 0 Å². The summed E-state index contributed by atoms with van der Waals surface area (Å²) in [6, 6.07) is 1.18. The maximum Gasteiger partial charge on any atom is 0.407 e. The zero-order chi connectivity index (χ0) is 31.4. The summed E-state index contributed by atoms with van der Waals surface area (Å²) < 4.78 is 31.4. The number of hydrogen-bond acceptors (Lipinski definition) is 7. The van der Waals surface area contributed by atoms with E-state index in [1.807, 2.05) is 33.5 Å². The molecule has 0 fully saturated rings. The van der Waals surface area contributed by atoms with Gasteiger partial charge in [-0.25, -0.2) is 9.59 Å². The number of ether oxygens (including phenoxy) is 2. The Morgan fingerprint density at radius 3 is 1.56 bits per heavy atom. The second-order valence-corrected chi connectivity index (χ2v) is 24.3. The number of carbonyl (C=O) groups is 2. The first kappa shape index (κ1) is 40.3. The van der Waals surface area contributed by atoms with Crippen LogP contribution in [-0.2, 0) is 21.8 Å². The van der Waals surface area contributed by atoms with E-state index in [0.29, 0.717) is 47.8 Å². The molecule has 0 spiro atoms. The van der Waals surface area contributed by atoms with Gasteiger partial charge in [-0.1, -0.05) is 66.2 Å². The molecule has 0 aliphatic heterocycles. The minimum Gasteiger partial charge on any atom is -0.446 e. The molecule has 0 aliphatic carbocycles. The highest BCUT2D eigenvalue weighted by Crippen LogP contribution is 2.30. The van der Waals surface area contributed by atoms with Crippen molar-refractivity contribution < 1.29 is 31.4 Å². The molecule has 3 unspecified atom stereocenters. The van der Waals surface area contributed by atoms with Gasteiger partial charge in [0.2, 0.25) is 9.76 Å². The molecular weight excluding hydrogens is 589 g/mol. The molecule has 2 N–H and O–H groups in total. The van der Waals surface area contributed by atoms with Crippen molar-refractivity contribution in [3.63, 3.8) is 0 Å². The van der Waals surface area contributed by atoms with E-state index in [9.17, 15) is 9.59 Å². The molecule has 0 rings (SSSR count). The third-order valence-electron chi connectivity index (χ3n) is 6.68. The van der Waals surface area contributed by atoms with E-state index in [-0.39, 0.29) is 24.4 Å². The van der Waals surface area contributed by atoms with Crippen LogP contribution in [0.15, 0.2) is 0 Å². The average Bonchev–Trinajstić information content (AvgIpc) is 2.86. The van der Waals surface area contributed by atoms with E-state index in [1.54, 1.807) is 0 Å². The molecule has 0 saturated heterocycles. The summed E-state index contributed by atoms with van der Waals surface area (Å²) in [4.78, 5) is 25.0. The average molecular weight is 651 g/mol. The van der Waals surface area contributed by atoms with Crippen molar-refractivity contribution in [2.75, 3.05) is 13.1 Å². The van der Waals surface area contributed by atoms with Crippen molar-refractivity contribution in [2.24, 2.45) is 0 Å². The molecule has 2 amide bonds. The molecule has 0 heterocycles. The van der Waals surface area contributed by atoms with Crippen molar-refractivity contribution in [1.82, 2.24) is 10.6 Å². The smallest absolute Gasteiger partial charge is 0.407 e. The second-order valence-electron chi connectivity index (χ2n) is 12.1. The lowest BCUT2D eigenvalue weighted by Gasteiger charge is -2.42. The van der Waals surface area contributed by atoms with E-state index < -0.39 is 25.4 Å². The first-order valence-corrected chi connectivity index (χ1v) is 25.8. The minimum absolute atomic E-state index is 0.235. The van der Waals surface area contributed by atoms with Gasteiger partial charge < -0.3 is 32.5 Å². The Labute approximate surface area is 257 Å². The number of hydrogen-bond donors (Lipinski definition) is 2. The summed E-state index contributed by atoms with van der Waals surface area (Å²) in [5.74, 6) is 0. The van der Waals surface area contributed by atoms with Crippen molar-refractivity contribution in [3.05, 3.63) is 0 Å². The summed E-state index contributed by atoms with van der Waals surface area (Å²) in [6.07, 6.45) is 8.85. The van der Waals surface area contributed by atoms with Gasteiger partial charge in [0.1, 0.15) is 12.2 Å². The van der Waals surface area contributed by atoms with Gasteiger partial charge in [0.15, 0.2) is 8.32 Å². The fourth-order valence-electron chi connectivity index (χ4n) is 4.89. The van der Waals surface area contributed by atoms with Crippen molar-refractivity contribution in [3.8, 4) is 0 Å². The summed E-state index contributed by atoms with van der Waals surface area (Å²) >= 11 is 0. The van der Waals surface area contributed by atoms with E-state index in [2.05, 4.69) is 44.1 Å². The minimum atomic E-state index is -2.87. The zero-order valence-electron chi connectivity index (χ0n) is 27.9. The number of nitrogens with one attached hydrogen (secondary N) is 2. The molecular formula is C28H62N2O7Si4. The van der Waals surface area contributed by atoms with E-state index in [1.165, 1.54) is 12.8 Å². The van der Waals surface area contributed by atoms with Crippen molar-refractivity contribution in [2.45, 2.75) is 155 Å². The Hall–Kier alpha value is -0.712. The molecule has 0 aromatic rings. The number of unbranched alkanes of at least 4 members (excludes halogenated alkanes) is 6. The van der Waals surface area contributed by atoms with Gasteiger partial charge in [0, 0.05) is 25.2 Å². The summed E-state index contributed by atoms with van der Waals surface area (Å²) in [5.41, 5.74) is 0. The maximum atomic E-state index is 12.6. The lowest BCUT2D eigenvalue weighted by Crippen LogP contribution is -2.57. The molecule has 0 aromatic carbocycles. The van der Waals surface area contributed by atoms with Crippen LogP contribution < -0.4 is 10.6 Å². The Kier molecular flexibility index (Phi) is 21.5. The highest BCUT2D eigenvalue weighted by atomic mass is 28.5. The summed E-state index contributed by atoms with van der Waals surface area (Å²) in [7, 11) is -7.39. The summed E-state index contributed by atoms with van der Waals surface area (Å²) in [6.45, 7) is 22.1. The Morgan fingerprint density at radius 2 is 1.15 bits per heavy atom. The number of carbonyl (C=O) groups excluding carboxylic acids is 2. The second kappa shape index (κ2) is 21.9. The predicted molar refractivity (Wildman–Crippen MR) is 176 cm³/mol. The Balaban J connectivity index is 5.40. The fraction of sp³-hybridized carbons (Fsp3) is 0.929. The molecule has 3 atom stereocenters. The highest BCUT2D eigenvalue weighted by Gasteiger charge is 2.46. The first-order valence-electron chi connectivity index (χ1n) is 15.9. The molecule has 13 heteroatoms. The van der Waals surface area contributed by atoms with Crippen LogP contribution in [0.3, 0.4) is 0 Å². The first-order chi connectivity index (χ1) is 19.2. The molecule has 0 saturated carbocycles. The molecule has 0 aliphatic rings. The topological polar surface area (TPSA) is 104 Å². The molecule has 2 radical (unpaired) electrons. The van der Waals surface area contributed by atoms with Gasteiger partial charge in [-0.05, 0) is 65.0 Å². The van der Waals surface area contributed by atoms with E-state index in [0.717, 1.165) is 38.5 Å². The zero-order valence-corrected chi connectivity index (χ0v) is 31.9. The predicted octanol–water partition coefficient (Wildman–Crippen LogP) is 7.85. The molecule has 242 valence electrons. The standard InChI is InChI=1S/C28H62N2O7Si4/c1-11-15-17-19-21-29-27(31)33-25(13-3)23-39(6,7)36-41(10,37-40(8,9)35-38-5)24-26(14-4)34-28(32)30-22-20-18-16-12-2/h25-26H,11-24H2,1-10H3,(H,29,31)(H,30,32). The van der Waals surface area contributed by atoms with Crippen LogP contribution in [0, 0.1) is 0 Å². The van der Waals surface area contributed by atoms with E-state index >= 15 is 0 Å². The summed E-state index contributed by atoms with van der Waals surface area (Å²) in [5, 5.41) is 5.79. The van der Waals surface area contributed by atoms with Crippen LogP contribution in [0.2, 0.25) is 51.4 Å². The monoisotopic (exact) mass is 650 g/mol. The molecule has 9 nitrogen and oxygen atoms in total. The Morgan fingerprint density at radius 1 is 0.683 bits per heavy atom. The van der Waals surface area contributed by atoms with Gasteiger partial charge in [0.25, 0.3) is 0 Å². The van der Waals surface area contributed by atoms with Gasteiger partial charge in [-0.15, -0.1) is 0 Å². The van der Waals surface area contributed by atoms with Crippen LogP contribution in [0.5, 0.6) is 0 Å². The van der Waals surface area contributed by atoms with E-state index in [4.69, 9.17) is 21.8 Å².